The Kier molecular flexibility index (Phi) is 4.60. The molecular formula is C17H16N2O6. The predicted molar refractivity (Wildman–Crippen MR) is 89.4 cm³/mol. The molecule has 0 saturated carbocycles. The summed E-state index contributed by atoms with van der Waals surface area (Å²) in [5, 5.41) is 5.00. The largest absolute Gasteiger partial charge is 0.497 e. The van der Waals surface area contributed by atoms with Gasteiger partial charge in [-0.25, -0.2) is 0 Å². The van der Waals surface area contributed by atoms with Crippen LogP contribution in [0.5, 0.6) is 23.0 Å². The van der Waals surface area contributed by atoms with Gasteiger partial charge in [0.05, 0.1) is 19.9 Å². The Labute approximate surface area is 143 Å². The highest BCUT2D eigenvalue weighted by Crippen LogP contribution is 2.34. The molecule has 0 aliphatic carbocycles. The van der Waals surface area contributed by atoms with E-state index < -0.39 is 11.8 Å². The van der Waals surface area contributed by atoms with Gasteiger partial charge in [-0.05, 0) is 24.3 Å². The molecule has 1 heterocycles. The Morgan fingerprint density at radius 3 is 2.44 bits per heavy atom. The molecule has 1 aliphatic rings. The number of carbonyl (C=O) groups is 2. The average Bonchev–Trinajstić information content (AvgIpc) is 3.09. The molecule has 25 heavy (non-hydrogen) atoms. The number of methoxy groups -OCH3 is 2. The second-order valence-electron chi connectivity index (χ2n) is 5.04. The van der Waals surface area contributed by atoms with Gasteiger partial charge in [-0.15, -0.1) is 0 Å². The van der Waals surface area contributed by atoms with Gasteiger partial charge in [0.25, 0.3) is 0 Å². The van der Waals surface area contributed by atoms with Crippen molar-refractivity contribution in [2.75, 3.05) is 31.6 Å². The summed E-state index contributed by atoms with van der Waals surface area (Å²) in [6.07, 6.45) is 0. The van der Waals surface area contributed by atoms with E-state index in [0.29, 0.717) is 34.4 Å². The van der Waals surface area contributed by atoms with Gasteiger partial charge < -0.3 is 29.6 Å². The SMILES string of the molecule is COc1ccc(OC)c(NC(=O)C(=O)Nc2ccc3c(c2)OCO3)c1. The molecule has 0 unspecified atom stereocenters. The Hall–Kier alpha value is -3.42. The van der Waals surface area contributed by atoms with Crippen LogP contribution in [0.25, 0.3) is 0 Å². The molecule has 0 aromatic heterocycles. The van der Waals surface area contributed by atoms with Crippen molar-refractivity contribution < 1.29 is 28.5 Å². The third kappa shape index (κ3) is 3.57. The van der Waals surface area contributed by atoms with E-state index in [1.807, 2.05) is 0 Å². The Morgan fingerprint density at radius 2 is 1.68 bits per heavy atom. The highest BCUT2D eigenvalue weighted by atomic mass is 16.7. The summed E-state index contributed by atoms with van der Waals surface area (Å²) in [5.41, 5.74) is 0.745. The lowest BCUT2D eigenvalue weighted by atomic mass is 10.2. The zero-order valence-corrected chi connectivity index (χ0v) is 13.6. The molecule has 0 saturated heterocycles. The van der Waals surface area contributed by atoms with E-state index in [1.165, 1.54) is 14.2 Å². The molecule has 130 valence electrons. The number of hydrogen-bond donors (Lipinski definition) is 2. The maximum atomic E-state index is 12.1. The number of ether oxygens (including phenoxy) is 4. The molecule has 2 amide bonds. The van der Waals surface area contributed by atoms with Crippen molar-refractivity contribution in [3.05, 3.63) is 36.4 Å². The van der Waals surface area contributed by atoms with Gasteiger partial charge in [0.15, 0.2) is 11.5 Å². The van der Waals surface area contributed by atoms with Crippen molar-refractivity contribution >= 4 is 23.2 Å². The van der Waals surface area contributed by atoms with Gasteiger partial charge in [0.1, 0.15) is 11.5 Å². The van der Waals surface area contributed by atoms with Crippen molar-refractivity contribution in [3.63, 3.8) is 0 Å². The molecule has 8 heteroatoms. The first-order chi connectivity index (χ1) is 12.1. The molecule has 1 aliphatic heterocycles. The molecule has 2 aromatic rings. The third-order valence-electron chi connectivity index (χ3n) is 3.49. The van der Waals surface area contributed by atoms with Crippen LogP contribution in [-0.2, 0) is 9.59 Å². The smallest absolute Gasteiger partial charge is 0.314 e. The molecule has 3 rings (SSSR count). The molecule has 2 aromatic carbocycles. The first-order valence-corrected chi connectivity index (χ1v) is 7.34. The lowest BCUT2D eigenvalue weighted by Crippen LogP contribution is -2.29. The van der Waals surface area contributed by atoms with Crippen LogP contribution < -0.4 is 29.6 Å². The summed E-state index contributed by atoms with van der Waals surface area (Å²) in [6.45, 7) is 0.128. The van der Waals surface area contributed by atoms with Crippen LogP contribution in [0.3, 0.4) is 0 Å². The summed E-state index contributed by atoms with van der Waals surface area (Å²) in [7, 11) is 2.96. The van der Waals surface area contributed by atoms with Crippen LogP contribution in [0.4, 0.5) is 11.4 Å². The number of anilines is 2. The lowest BCUT2D eigenvalue weighted by Gasteiger charge is -2.12. The fourth-order valence-corrected chi connectivity index (χ4v) is 2.25. The number of fused-ring (bicyclic) bond motifs is 1. The fourth-order valence-electron chi connectivity index (χ4n) is 2.25. The van der Waals surface area contributed by atoms with Crippen molar-refractivity contribution in [1.82, 2.24) is 0 Å². The summed E-state index contributed by atoms with van der Waals surface area (Å²) < 4.78 is 20.7. The quantitative estimate of drug-likeness (QED) is 0.824. The van der Waals surface area contributed by atoms with Gasteiger partial charge >= 0.3 is 11.8 Å². The minimum absolute atomic E-state index is 0.128. The number of hydrogen-bond acceptors (Lipinski definition) is 6. The fraction of sp³-hybridized carbons (Fsp3) is 0.176. The average molecular weight is 344 g/mol. The minimum Gasteiger partial charge on any atom is -0.497 e. The van der Waals surface area contributed by atoms with Crippen LogP contribution >= 0.6 is 0 Å². The van der Waals surface area contributed by atoms with Crippen LogP contribution in [0.15, 0.2) is 36.4 Å². The molecule has 0 atom stereocenters. The van der Waals surface area contributed by atoms with E-state index in [9.17, 15) is 9.59 Å². The first-order valence-electron chi connectivity index (χ1n) is 7.34. The van der Waals surface area contributed by atoms with Gasteiger partial charge in [-0.1, -0.05) is 0 Å². The summed E-state index contributed by atoms with van der Waals surface area (Å²) >= 11 is 0. The number of benzene rings is 2. The maximum Gasteiger partial charge on any atom is 0.314 e. The predicted octanol–water partition coefficient (Wildman–Crippen LogP) is 2.01. The highest BCUT2D eigenvalue weighted by Gasteiger charge is 2.19. The Balaban J connectivity index is 1.70. The molecule has 8 nitrogen and oxygen atoms in total. The number of nitrogens with one attached hydrogen (secondary N) is 2. The Morgan fingerprint density at radius 1 is 0.920 bits per heavy atom. The summed E-state index contributed by atoms with van der Waals surface area (Å²) in [6, 6.07) is 9.72. The number of carbonyl (C=O) groups excluding carboxylic acids is 2. The van der Waals surface area contributed by atoms with E-state index >= 15 is 0 Å². The summed E-state index contributed by atoms with van der Waals surface area (Å²) in [5.74, 6) is 0.349. The second-order valence-corrected chi connectivity index (χ2v) is 5.04. The van der Waals surface area contributed by atoms with E-state index in [0.717, 1.165) is 0 Å². The molecule has 0 spiro atoms. The zero-order valence-electron chi connectivity index (χ0n) is 13.6. The first kappa shape index (κ1) is 16.4. The second kappa shape index (κ2) is 7.00. The van der Waals surface area contributed by atoms with E-state index in [4.69, 9.17) is 18.9 Å². The highest BCUT2D eigenvalue weighted by molar-refractivity contribution is 6.43. The van der Waals surface area contributed by atoms with Crippen LogP contribution in [0.2, 0.25) is 0 Å². The third-order valence-corrected chi connectivity index (χ3v) is 3.49. The van der Waals surface area contributed by atoms with Crippen LogP contribution in [0.1, 0.15) is 0 Å². The molecule has 0 fully saturated rings. The van der Waals surface area contributed by atoms with Crippen molar-refractivity contribution in [2.24, 2.45) is 0 Å². The maximum absolute atomic E-state index is 12.1. The molecule has 0 bridgehead atoms. The lowest BCUT2D eigenvalue weighted by molar-refractivity contribution is -0.133. The minimum atomic E-state index is -0.843. The van der Waals surface area contributed by atoms with Crippen LogP contribution in [0, 0.1) is 0 Å². The van der Waals surface area contributed by atoms with Crippen LogP contribution in [-0.4, -0.2) is 32.8 Å². The molecule has 0 radical (unpaired) electrons. The zero-order chi connectivity index (χ0) is 17.8. The number of amides is 2. The van der Waals surface area contributed by atoms with Crippen molar-refractivity contribution in [3.8, 4) is 23.0 Å². The van der Waals surface area contributed by atoms with Gasteiger partial charge in [0.2, 0.25) is 6.79 Å². The van der Waals surface area contributed by atoms with E-state index in [2.05, 4.69) is 10.6 Å². The van der Waals surface area contributed by atoms with E-state index in [-0.39, 0.29) is 6.79 Å². The van der Waals surface area contributed by atoms with Crippen molar-refractivity contribution in [1.29, 1.82) is 0 Å². The standard InChI is InChI=1S/C17H16N2O6/c1-22-11-4-6-13(23-2)12(8-11)19-17(21)16(20)18-10-3-5-14-15(7-10)25-9-24-14/h3-8H,9H2,1-2H3,(H,18,20)(H,19,21). The molecular weight excluding hydrogens is 328 g/mol. The van der Waals surface area contributed by atoms with E-state index in [1.54, 1.807) is 36.4 Å². The van der Waals surface area contributed by atoms with Crippen molar-refractivity contribution in [2.45, 2.75) is 0 Å². The van der Waals surface area contributed by atoms with Gasteiger partial charge in [-0.2, -0.15) is 0 Å². The van der Waals surface area contributed by atoms with Gasteiger partial charge in [0, 0.05) is 17.8 Å². The number of rotatable bonds is 4. The molecule has 2 N–H and O–H groups in total. The van der Waals surface area contributed by atoms with Gasteiger partial charge in [-0.3, -0.25) is 9.59 Å². The summed E-state index contributed by atoms with van der Waals surface area (Å²) in [4.78, 5) is 24.2. The monoisotopic (exact) mass is 344 g/mol. The Bertz CT molecular complexity index is 821. The topological polar surface area (TPSA) is 95.1 Å². The normalized spacial score (nSPS) is 11.6.